The molecule has 1 fully saturated rings. The van der Waals surface area contributed by atoms with Crippen LogP contribution in [0.15, 0.2) is 18.2 Å². The third-order valence-electron chi connectivity index (χ3n) is 3.72. The topological polar surface area (TPSA) is 121 Å². The van der Waals surface area contributed by atoms with Gasteiger partial charge in [-0.15, -0.1) is 0 Å². The number of hydrogen-bond acceptors (Lipinski definition) is 8. The first-order valence-corrected chi connectivity index (χ1v) is 8.28. The van der Waals surface area contributed by atoms with Crippen LogP contribution in [0.3, 0.4) is 0 Å². The second-order valence-electron chi connectivity index (χ2n) is 5.33. The molecule has 0 amide bonds. The summed E-state index contributed by atoms with van der Waals surface area (Å²) in [4.78, 5) is 0. The number of nitrogens with one attached hydrogen (secondary N) is 1. The lowest BCUT2D eigenvalue weighted by molar-refractivity contribution is -0.277. The molecule has 1 aromatic rings. The highest BCUT2D eigenvalue weighted by Gasteiger charge is 2.44. The Hall–Kier alpha value is -1.42. The molecule has 1 aromatic carbocycles. The molecule has 25 heavy (non-hydrogen) atoms. The van der Waals surface area contributed by atoms with E-state index in [2.05, 4.69) is 5.32 Å². The highest BCUT2D eigenvalue weighted by Crippen LogP contribution is 2.30. The maximum absolute atomic E-state index is 10.0. The van der Waals surface area contributed by atoms with Crippen molar-refractivity contribution in [1.29, 1.82) is 0 Å². The molecule has 0 bridgehead atoms. The normalized spacial score (nSPS) is 28.7. The van der Waals surface area contributed by atoms with E-state index in [1.807, 2.05) is 19.9 Å². The van der Waals surface area contributed by atoms with E-state index >= 15 is 0 Å². The van der Waals surface area contributed by atoms with Gasteiger partial charge < -0.3 is 40.0 Å². The van der Waals surface area contributed by atoms with E-state index in [0.29, 0.717) is 18.0 Å². The van der Waals surface area contributed by atoms with Gasteiger partial charge in [-0.1, -0.05) is 19.9 Å². The van der Waals surface area contributed by atoms with Gasteiger partial charge in [0.2, 0.25) is 6.29 Å². The fraction of sp³-hybridized carbons (Fsp3) is 0.647. The van der Waals surface area contributed by atoms with Gasteiger partial charge in [-0.05, 0) is 17.7 Å². The Morgan fingerprint density at radius 1 is 1.12 bits per heavy atom. The second-order valence-corrected chi connectivity index (χ2v) is 5.33. The first-order chi connectivity index (χ1) is 12.0. The van der Waals surface area contributed by atoms with Crippen LogP contribution in [0.2, 0.25) is 0 Å². The van der Waals surface area contributed by atoms with Crippen LogP contribution in [0.25, 0.3) is 0 Å². The molecule has 1 aliphatic rings. The maximum Gasteiger partial charge on any atom is 0.229 e. The average molecular weight is 359 g/mol. The van der Waals surface area contributed by atoms with Gasteiger partial charge in [0.05, 0.1) is 18.9 Å². The van der Waals surface area contributed by atoms with E-state index in [1.54, 1.807) is 26.3 Å². The molecule has 0 spiro atoms. The minimum atomic E-state index is -1.48. The lowest BCUT2D eigenvalue weighted by Gasteiger charge is -2.39. The molecule has 8 heteroatoms. The van der Waals surface area contributed by atoms with E-state index < -0.39 is 37.3 Å². The number of anilines is 1. The smallest absolute Gasteiger partial charge is 0.229 e. The first-order valence-electron chi connectivity index (χ1n) is 8.28. The van der Waals surface area contributed by atoms with Crippen molar-refractivity contribution in [2.45, 2.75) is 51.2 Å². The summed E-state index contributed by atoms with van der Waals surface area (Å²) in [6.07, 6.45) is -6.56. The van der Waals surface area contributed by atoms with E-state index in [-0.39, 0.29) is 0 Å². The molecule has 5 atom stereocenters. The van der Waals surface area contributed by atoms with Crippen LogP contribution < -0.4 is 10.1 Å². The van der Waals surface area contributed by atoms with Gasteiger partial charge in [0.15, 0.2) is 0 Å². The number of aliphatic hydroxyl groups excluding tert-OH is 4. The van der Waals surface area contributed by atoms with Gasteiger partial charge in [-0.25, -0.2) is 0 Å². The number of aliphatic hydroxyl groups is 4. The predicted molar refractivity (Wildman–Crippen MR) is 92.4 cm³/mol. The van der Waals surface area contributed by atoms with Crippen molar-refractivity contribution >= 4 is 5.69 Å². The van der Waals surface area contributed by atoms with Crippen LogP contribution in [-0.4, -0.2) is 71.9 Å². The molecule has 0 aliphatic carbocycles. The van der Waals surface area contributed by atoms with Gasteiger partial charge in [-0.2, -0.15) is 0 Å². The quantitative estimate of drug-likeness (QED) is 0.484. The molecule has 1 heterocycles. The van der Waals surface area contributed by atoms with Gasteiger partial charge in [0.25, 0.3) is 0 Å². The Morgan fingerprint density at radius 2 is 1.80 bits per heavy atom. The van der Waals surface area contributed by atoms with E-state index in [4.69, 9.17) is 14.2 Å². The van der Waals surface area contributed by atoms with Crippen LogP contribution >= 0.6 is 0 Å². The fourth-order valence-electron chi connectivity index (χ4n) is 2.42. The average Bonchev–Trinajstić information content (AvgIpc) is 2.65. The van der Waals surface area contributed by atoms with Crippen LogP contribution in [-0.2, 0) is 16.1 Å². The number of ether oxygens (including phenoxy) is 3. The van der Waals surface area contributed by atoms with E-state index in [1.165, 1.54) is 0 Å². The Kier molecular flexibility index (Phi) is 9.12. The van der Waals surface area contributed by atoms with Gasteiger partial charge in [-0.3, -0.25) is 0 Å². The van der Waals surface area contributed by atoms with Crippen molar-refractivity contribution in [3.8, 4) is 5.75 Å². The molecule has 5 unspecified atom stereocenters. The maximum atomic E-state index is 10.0. The fourth-order valence-corrected chi connectivity index (χ4v) is 2.42. The zero-order chi connectivity index (χ0) is 19.0. The second kappa shape index (κ2) is 10.5. The van der Waals surface area contributed by atoms with Crippen LogP contribution in [0.5, 0.6) is 5.75 Å². The van der Waals surface area contributed by atoms with Crippen molar-refractivity contribution < 1.29 is 34.6 Å². The number of hydrogen-bond donors (Lipinski definition) is 5. The zero-order valence-corrected chi connectivity index (χ0v) is 15.0. The van der Waals surface area contributed by atoms with Crippen molar-refractivity contribution in [2.24, 2.45) is 0 Å². The molecule has 0 saturated carbocycles. The number of rotatable bonds is 6. The third-order valence-corrected chi connectivity index (χ3v) is 3.72. The Morgan fingerprint density at radius 3 is 2.36 bits per heavy atom. The zero-order valence-electron chi connectivity index (χ0n) is 15.0. The van der Waals surface area contributed by atoms with Crippen molar-refractivity contribution in [1.82, 2.24) is 0 Å². The summed E-state index contributed by atoms with van der Waals surface area (Å²) in [5.74, 6) is 0.400. The van der Waals surface area contributed by atoms with Crippen molar-refractivity contribution in [3.05, 3.63) is 23.8 Å². The SMILES string of the molecule is CC.CNc1cc(COC)ccc1OC1OC(CO)C(O)C(O)C1O. The van der Waals surface area contributed by atoms with Gasteiger partial charge >= 0.3 is 0 Å². The van der Waals surface area contributed by atoms with Crippen molar-refractivity contribution in [3.63, 3.8) is 0 Å². The summed E-state index contributed by atoms with van der Waals surface area (Å²) in [5.41, 5.74) is 1.58. The van der Waals surface area contributed by atoms with E-state index in [0.717, 1.165) is 5.56 Å². The highest BCUT2D eigenvalue weighted by molar-refractivity contribution is 5.57. The summed E-state index contributed by atoms with van der Waals surface area (Å²) < 4.78 is 16.0. The summed E-state index contributed by atoms with van der Waals surface area (Å²) in [6, 6.07) is 5.30. The molecule has 144 valence electrons. The van der Waals surface area contributed by atoms with Crippen LogP contribution in [0.4, 0.5) is 5.69 Å². The molecule has 8 nitrogen and oxygen atoms in total. The largest absolute Gasteiger partial charge is 0.460 e. The summed E-state index contributed by atoms with van der Waals surface area (Å²) in [7, 11) is 3.31. The molecule has 1 aliphatic heterocycles. The molecule has 5 N–H and O–H groups in total. The monoisotopic (exact) mass is 359 g/mol. The number of methoxy groups -OCH3 is 1. The molecular formula is C17H29NO7. The molecule has 0 radical (unpaired) electrons. The standard InChI is InChI=1S/C15H23NO7.C2H6/c1-16-9-5-8(7-21-2)3-4-10(9)22-15-14(20)13(19)12(18)11(6-17)23-15;1-2/h3-5,11-20H,6-7H2,1-2H3;1-2H3. The Balaban J connectivity index is 0.00000151. The predicted octanol–water partition coefficient (Wildman–Crippen LogP) is 0.0796. The van der Waals surface area contributed by atoms with Crippen LogP contribution in [0.1, 0.15) is 19.4 Å². The van der Waals surface area contributed by atoms with Crippen LogP contribution in [0, 0.1) is 0 Å². The highest BCUT2D eigenvalue weighted by atomic mass is 16.7. The Bertz CT molecular complexity index is 512. The Labute approximate surface area is 148 Å². The summed E-state index contributed by atoms with van der Waals surface area (Å²) in [6.45, 7) is 3.94. The molecular weight excluding hydrogens is 330 g/mol. The molecule has 0 aromatic heterocycles. The van der Waals surface area contributed by atoms with Gasteiger partial charge in [0.1, 0.15) is 30.2 Å². The minimum absolute atomic E-state index is 0.400. The minimum Gasteiger partial charge on any atom is -0.460 e. The lowest BCUT2D eigenvalue weighted by Crippen LogP contribution is -2.60. The van der Waals surface area contributed by atoms with Crippen molar-refractivity contribution in [2.75, 3.05) is 26.1 Å². The molecule has 2 rings (SSSR count). The number of benzene rings is 1. The van der Waals surface area contributed by atoms with Gasteiger partial charge in [0, 0.05) is 14.2 Å². The molecule has 1 saturated heterocycles. The summed E-state index contributed by atoms with van der Waals surface area (Å²) in [5, 5.41) is 41.7. The first kappa shape index (κ1) is 21.6. The summed E-state index contributed by atoms with van der Waals surface area (Å²) >= 11 is 0. The lowest BCUT2D eigenvalue weighted by atomic mass is 9.99. The van der Waals surface area contributed by atoms with E-state index in [9.17, 15) is 20.4 Å². The third kappa shape index (κ3) is 5.27.